The summed E-state index contributed by atoms with van der Waals surface area (Å²) in [5, 5.41) is 6.17. The molecule has 0 unspecified atom stereocenters. The highest BCUT2D eigenvalue weighted by Gasteiger charge is 2.30. The van der Waals surface area contributed by atoms with E-state index in [1.165, 1.54) is 17.5 Å². The average Bonchev–Trinajstić information content (AvgIpc) is 3.24. The summed E-state index contributed by atoms with van der Waals surface area (Å²) in [7, 11) is -2.23. The summed E-state index contributed by atoms with van der Waals surface area (Å²) in [6.07, 6.45) is 1.71. The van der Waals surface area contributed by atoms with Gasteiger partial charge in [0.1, 0.15) is 10.6 Å². The molecule has 1 aromatic carbocycles. The van der Waals surface area contributed by atoms with Gasteiger partial charge in [-0.3, -0.25) is 9.69 Å². The molecule has 0 spiro atoms. The highest BCUT2D eigenvalue weighted by Crippen LogP contribution is 2.29. The number of hydrogen-bond donors (Lipinski definition) is 2. The second-order valence-electron chi connectivity index (χ2n) is 6.82. The number of piperazine rings is 1. The first-order valence-electron chi connectivity index (χ1n) is 9.42. The zero-order chi connectivity index (χ0) is 19.3. The van der Waals surface area contributed by atoms with Crippen LogP contribution in [0.15, 0.2) is 23.1 Å². The number of benzene rings is 1. The molecule has 0 saturated carbocycles. The molecule has 1 amide bonds. The Morgan fingerprint density at radius 2 is 1.89 bits per heavy atom. The van der Waals surface area contributed by atoms with Crippen molar-refractivity contribution in [2.24, 2.45) is 0 Å². The van der Waals surface area contributed by atoms with Crippen LogP contribution in [0.25, 0.3) is 0 Å². The van der Waals surface area contributed by atoms with Gasteiger partial charge >= 0.3 is 0 Å². The van der Waals surface area contributed by atoms with Crippen molar-refractivity contribution in [3.63, 3.8) is 0 Å². The van der Waals surface area contributed by atoms with Crippen LogP contribution in [-0.4, -0.2) is 83.0 Å². The fourth-order valence-electron chi connectivity index (χ4n) is 3.45. The summed E-state index contributed by atoms with van der Waals surface area (Å²) >= 11 is 0. The van der Waals surface area contributed by atoms with Gasteiger partial charge in [-0.15, -0.1) is 0 Å². The van der Waals surface area contributed by atoms with Crippen LogP contribution < -0.4 is 15.4 Å². The van der Waals surface area contributed by atoms with Crippen LogP contribution in [-0.2, 0) is 10.0 Å². The van der Waals surface area contributed by atoms with Crippen LogP contribution in [0.2, 0.25) is 0 Å². The number of methoxy groups -OCH3 is 1. The molecule has 2 aliphatic heterocycles. The molecule has 2 heterocycles. The first-order chi connectivity index (χ1) is 13.0. The predicted octanol–water partition coefficient (Wildman–Crippen LogP) is 0.115. The molecule has 2 N–H and O–H groups in total. The number of nitrogens with one attached hydrogen (secondary N) is 2. The van der Waals surface area contributed by atoms with E-state index in [4.69, 9.17) is 4.74 Å². The van der Waals surface area contributed by atoms with E-state index < -0.39 is 10.0 Å². The number of hydrogen-bond acceptors (Lipinski definition) is 6. The van der Waals surface area contributed by atoms with Gasteiger partial charge in [0.2, 0.25) is 10.0 Å². The van der Waals surface area contributed by atoms with Crippen molar-refractivity contribution in [3.8, 4) is 5.75 Å². The van der Waals surface area contributed by atoms with Crippen molar-refractivity contribution in [1.29, 1.82) is 0 Å². The minimum absolute atomic E-state index is 0.0571. The Morgan fingerprint density at radius 3 is 2.56 bits per heavy atom. The number of nitrogens with zero attached hydrogens (tertiary/aromatic N) is 2. The standard InChI is InChI=1S/C18H28N4O4S/c1-26-16-5-4-15(14-17(16)27(24,25)22-9-2-3-10-22)18(23)20-8-13-21-11-6-19-7-12-21/h4-5,14,19H,2-3,6-13H2,1H3,(H,20,23). The van der Waals surface area contributed by atoms with Crippen molar-refractivity contribution in [2.45, 2.75) is 17.7 Å². The minimum Gasteiger partial charge on any atom is -0.495 e. The van der Waals surface area contributed by atoms with Crippen molar-refractivity contribution in [2.75, 3.05) is 59.5 Å². The van der Waals surface area contributed by atoms with Gasteiger partial charge in [-0.05, 0) is 31.0 Å². The van der Waals surface area contributed by atoms with Gasteiger partial charge < -0.3 is 15.4 Å². The van der Waals surface area contributed by atoms with E-state index in [1.54, 1.807) is 12.1 Å². The molecule has 0 bridgehead atoms. The largest absolute Gasteiger partial charge is 0.495 e. The Hall–Kier alpha value is -1.68. The number of ether oxygens (including phenoxy) is 1. The number of carbonyl (C=O) groups excluding carboxylic acids is 1. The van der Waals surface area contributed by atoms with Crippen LogP contribution in [0.1, 0.15) is 23.2 Å². The Bertz CT molecular complexity index is 757. The highest BCUT2D eigenvalue weighted by atomic mass is 32.2. The molecule has 0 aliphatic carbocycles. The van der Waals surface area contributed by atoms with Crippen LogP contribution in [0.4, 0.5) is 0 Å². The van der Waals surface area contributed by atoms with E-state index in [2.05, 4.69) is 15.5 Å². The van der Waals surface area contributed by atoms with Crippen LogP contribution in [0, 0.1) is 0 Å². The van der Waals surface area contributed by atoms with E-state index in [1.807, 2.05) is 0 Å². The lowest BCUT2D eigenvalue weighted by molar-refractivity contribution is 0.0947. The molecule has 2 saturated heterocycles. The van der Waals surface area contributed by atoms with E-state index >= 15 is 0 Å². The normalized spacial score (nSPS) is 19.1. The Labute approximate surface area is 160 Å². The van der Waals surface area contributed by atoms with Gasteiger partial charge in [-0.1, -0.05) is 0 Å². The quantitative estimate of drug-likeness (QED) is 0.680. The zero-order valence-corrected chi connectivity index (χ0v) is 16.6. The molecule has 0 aromatic heterocycles. The molecular formula is C18H28N4O4S. The maximum atomic E-state index is 12.9. The number of amides is 1. The maximum absolute atomic E-state index is 12.9. The van der Waals surface area contributed by atoms with E-state index in [0.717, 1.165) is 45.6 Å². The van der Waals surface area contributed by atoms with Crippen LogP contribution in [0.5, 0.6) is 5.75 Å². The Kier molecular flexibility index (Phi) is 6.69. The maximum Gasteiger partial charge on any atom is 0.251 e. The zero-order valence-electron chi connectivity index (χ0n) is 15.7. The molecule has 2 fully saturated rings. The fourth-order valence-corrected chi connectivity index (χ4v) is 5.15. The highest BCUT2D eigenvalue weighted by molar-refractivity contribution is 7.89. The first-order valence-corrected chi connectivity index (χ1v) is 10.9. The summed E-state index contributed by atoms with van der Waals surface area (Å²) in [5.74, 6) is -0.00933. The SMILES string of the molecule is COc1ccc(C(=O)NCCN2CCNCC2)cc1S(=O)(=O)N1CCCC1. The molecule has 8 nitrogen and oxygen atoms in total. The number of carbonyl (C=O) groups is 1. The topological polar surface area (TPSA) is 91.0 Å². The third-order valence-corrected chi connectivity index (χ3v) is 6.95. The van der Waals surface area contributed by atoms with Crippen molar-refractivity contribution in [3.05, 3.63) is 23.8 Å². The summed E-state index contributed by atoms with van der Waals surface area (Å²) < 4.78 is 32.5. The second kappa shape index (κ2) is 9.01. The van der Waals surface area contributed by atoms with Crippen LogP contribution >= 0.6 is 0 Å². The van der Waals surface area contributed by atoms with E-state index in [0.29, 0.717) is 25.2 Å². The van der Waals surface area contributed by atoms with Crippen molar-refractivity contribution >= 4 is 15.9 Å². The summed E-state index contributed by atoms with van der Waals surface area (Å²) in [5.41, 5.74) is 0.328. The van der Waals surface area contributed by atoms with Crippen molar-refractivity contribution in [1.82, 2.24) is 19.8 Å². The smallest absolute Gasteiger partial charge is 0.251 e. The number of sulfonamides is 1. The molecule has 9 heteroatoms. The molecule has 1 aromatic rings. The lowest BCUT2D eigenvalue weighted by Gasteiger charge is -2.27. The van der Waals surface area contributed by atoms with Gasteiger partial charge in [0, 0.05) is 57.9 Å². The minimum atomic E-state index is -3.66. The molecule has 3 rings (SSSR count). The summed E-state index contributed by atoms with van der Waals surface area (Å²) in [4.78, 5) is 14.8. The Morgan fingerprint density at radius 1 is 1.19 bits per heavy atom. The average molecular weight is 397 g/mol. The lowest BCUT2D eigenvalue weighted by atomic mass is 10.2. The molecule has 150 valence electrons. The first kappa shape index (κ1) is 20.1. The fraction of sp³-hybridized carbons (Fsp3) is 0.611. The van der Waals surface area contributed by atoms with Crippen LogP contribution in [0.3, 0.4) is 0 Å². The Balaban J connectivity index is 1.69. The summed E-state index contributed by atoms with van der Waals surface area (Å²) in [6, 6.07) is 4.57. The van der Waals surface area contributed by atoms with Gasteiger partial charge in [0.05, 0.1) is 7.11 Å². The molecule has 27 heavy (non-hydrogen) atoms. The lowest BCUT2D eigenvalue weighted by Crippen LogP contribution is -2.46. The monoisotopic (exact) mass is 396 g/mol. The van der Waals surface area contributed by atoms with Crippen molar-refractivity contribution < 1.29 is 17.9 Å². The van der Waals surface area contributed by atoms with Gasteiger partial charge in [0.25, 0.3) is 5.91 Å². The molecule has 2 aliphatic rings. The van der Waals surface area contributed by atoms with E-state index in [-0.39, 0.29) is 16.6 Å². The van der Waals surface area contributed by atoms with Gasteiger partial charge in [0.15, 0.2) is 0 Å². The molecular weight excluding hydrogens is 368 g/mol. The second-order valence-corrected chi connectivity index (χ2v) is 8.73. The van der Waals surface area contributed by atoms with Gasteiger partial charge in [-0.25, -0.2) is 8.42 Å². The predicted molar refractivity (Wildman–Crippen MR) is 103 cm³/mol. The van der Waals surface area contributed by atoms with Gasteiger partial charge in [-0.2, -0.15) is 4.31 Å². The molecule has 0 atom stereocenters. The third-order valence-electron chi connectivity index (χ3n) is 5.03. The van der Waals surface area contributed by atoms with E-state index in [9.17, 15) is 13.2 Å². The molecule has 0 radical (unpaired) electrons. The third kappa shape index (κ3) is 4.78. The number of rotatable bonds is 7. The summed E-state index contributed by atoms with van der Waals surface area (Å²) in [6.45, 7) is 6.18.